The smallest absolute Gasteiger partial charge is 0.246 e. The highest BCUT2D eigenvalue weighted by molar-refractivity contribution is 5.91. The Kier molecular flexibility index (Phi) is 6.95. The van der Waals surface area contributed by atoms with Crippen molar-refractivity contribution in [2.24, 2.45) is 0 Å². The van der Waals surface area contributed by atoms with Gasteiger partial charge in [-0.1, -0.05) is 60.7 Å². The van der Waals surface area contributed by atoms with Crippen LogP contribution in [0.5, 0.6) is 0 Å². The van der Waals surface area contributed by atoms with Crippen LogP contribution in [-0.4, -0.2) is 47.0 Å². The number of nitrogens with zero attached hydrogens (tertiary/aromatic N) is 4. The lowest BCUT2D eigenvalue weighted by Crippen LogP contribution is -2.35. The summed E-state index contributed by atoms with van der Waals surface area (Å²) in [6.07, 6.45) is 5.30. The second-order valence-corrected chi connectivity index (χ2v) is 8.23. The molecule has 2 heterocycles. The van der Waals surface area contributed by atoms with Crippen molar-refractivity contribution in [2.45, 2.75) is 26.7 Å². The van der Waals surface area contributed by atoms with Gasteiger partial charge >= 0.3 is 0 Å². The van der Waals surface area contributed by atoms with Crippen LogP contribution in [0, 0.1) is 13.8 Å². The molecule has 5 heteroatoms. The number of aryl methyl sites for hydroxylation is 2. The Balaban J connectivity index is 1.49. The van der Waals surface area contributed by atoms with Crippen LogP contribution in [0.3, 0.4) is 0 Å². The second-order valence-electron chi connectivity index (χ2n) is 8.23. The number of hydrogen-bond donors (Lipinski definition) is 0. The van der Waals surface area contributed by atoms with E-state index in [9.17, 15) is 4.79 Å². The number of rotatable bonds is 5. The third kappa shape index (κ3) is 5.41. The second kappa shape index (κ2) is 10.2. The Labute approximate surface area is 190 Å². The van der Waals surface area contributed by atoms with Crippen molar-refractivity contribution in [1.82, 2.24) is 14.9 Å². The van der Waals surface area contributed by atoms with E-state index in [2.05, 4.69) is 41.1 Å². The molecule has 2 aromatic carbocycles. The average Bonchev–Trinajstić information content (AvgIpc) is 3.07. The molecule has 1 amide bonds. The van der Waals surface area contributed by atoms with Gasteiger partial charge in [-0.15, -0.1) is 0 Å². The van der Waals surface area contributed by atoms with Crippen molar-refractivity contribution in [3.63, 3.8) is 0 Å². The lowest BCUT2D eigenvalue weighted by atomic mass is 10.0. The van der Waals surface area contributed by atoms with Gasteiger partial charge in [0.25, 0.3) is 0 Å². The number of carbonyl (C=O) groups excluding carboxylic acids is 1. The molecule has 0 saturated carbocycles. The zero-order valence-corrected chi connectivity index (χ0v) is 18.9. The Hall–Kier alpha value is -3.47. The standard InChI is InChI=1S/C27H30N4O/c1-21-25(20-24-12-7-4-8-13-24)27(29-22(2)28-21)31-17-9-16-30(18-19-31)26(32)15-14-23-10-5-3-6-11-23/h3-8,10-15H,9,16-20H2,1-2H3/b15-14+. The highest BCUT2D eigenvalue weighted by Crippen LogP contribution is 2.25. The Morgan fingerprint density at radius 3 is 2.38 bits per heavy atom. The van der Waals surface area contributed by atoms with Crippen LogP contribution < -0.4 is 4.90 Å². The molecule has 1 aliphatic heterocycles. The molecule has 0 unspecified atom stereocenters. The summed E-state index contributed by atoms with van der Waals surface area (Å²) in [6.45, 7) is 7.10. The van der Waals surface area contributed by atoms with Crippen molar-refractivity contribution in [3.8, 4) is 0 Å². The van der Waals surface area contributed by atoms with E-state index in [1.807, 2.05) is 54.3 Å². The van der Waals surface area contributed by atoms with Crippen LogP contribution in [0.1, 0.15) is 34.6 Å². The molecule has 1 aromatic heterocycles. The van der Waals surface area contributed by atoms with E-state index in [1.54, 1.807) is 6.08 Å². The molecule has 1 fully saturated rings. The lowest BCUT2D eigenvalue weighted by molar-refractivity contribution is -0.125. The third-order valence-corrected chi connectivity index (χ3v) is 5.85. The van der Waals surface area contributed by atoms with Gasteiger partial charge in [0.1, 0.15) is 11.6 Å². The summed E-state index contributed by atoms with van der Waals surface area (Å²) in [5.74, 6) is 1.86. The Morgan fingerprint density at radius 1 is 0.906 bits per heavy atom. The van der Waals surface area contributed by atoms with E-state index in [0.29, 0.717) is 6.54 Å². The van der Waals surface area contributed by atoms with Gasteiger partial charge < -0.3 is 9.80 Å². The largest absolute Gasteiger partial charge is 0.354 e. The first kappa shape index (κ1) is 21.8. The molecule has 0 N–H and O–H groups in total. The monoisotopic (exact) mass is 426 g/mol. The third-order valence-electron chi connectivity index (χ3n) is 5.85. The molecule has 4 rings (SSSR count). The van der Waals surface area contributed by atoms with Gasteiger partial charge in [-0.05, 0) is 37.5 Å². The van der Waals surface area contributed by atoms with E-state index in [-0.39, 0.29) is 5.91 Å². The summed E-state index contributed by atoms with van der Waals surface area (Å²) in [6, 6.07) is 20.4. The van der Waals surface area contributed by atoms with Crippen LogP contribution in [0.15, 0.2) is 66.7 Å². The quantitative estimate of drug-likeness (QED) is 0.566. The molecular weight excluding hydrogens is 396 g/mol. The normalized spacial score (nSPS) is 14.6. The first-order chi connectivity index (χ1) is 15.6. The fraction of sp³-hybridized carbons (Fsp3) is 0.296. The molecular formula is C27H30N4O. The van der Waals surface area contributed by atoms with Crippen molar-refractivity contribution >= 4 is 17.8 Å². The molecule has 3 aromatic rings. The summed E-state index contributed by atoms with van der Waals surface area (Å²) in [4.78, 5) is 26.5. The topological polar surface area (TPSA) is 49.3 Å². The van der Waals surface area contributed by atoms with Gasteiger partial charge in [-0.25, -0.2) is 9.97 Å². The molecule has 1 aliphatic rings. The first-order valence-corrected chi connectivity index (χ1v) is 11.2. The van der Waals surface area contributed by atoms with Crippen molar-refractivity contribution in [2.75, 3.05) is 31.1 Å². The van der Waals surface area contributed by atoms with E-state index >= 15 is 0 Å². The van der Waals surface area contributed by atoms with E-state index in [1.165, 1.54) is 11.1 Å². The predicted octanol–water partition coefficient (Wildman–Crippen LogP) is 4.44. The predicted molar refractivity (Wildman–Crippen MR) is 130 cm³/mol. The number of amides is 1. The van der Waals surface area contributed by atoms with Gasteiger partial charge in [0.15, 0.2) is 0 Å². The minimum atomic E-state index is 0.0651. The van der Waals surface area contributed by atoms with E-state index < -0.39 is 0 Å². The van der Waals surface area contributed by atoms with Crippen molar-refractivity contribution in [1.29, 1.82) is 0 Å². The van der Waals surface area contributed by atoms with Gasteiger partial charge in [-0.2, -0.15) is 0 Å². The maximum Gasteiger partial charge on any atom is 0.246 e. The molecule has 164 valence electrons. The maximum atomic E-state index is 12.8. The van der Waals surface area contributed by atoms with Crippen molar-refractivity contribution < 1.29 is 4.79 Å². The summed E-state index contributed by atoms with van der Waals surface area (Å²) in [7, 11) is 0. The molecule has 5 nitrogen and oxygen atoms in total. The molecule has 0 atom stereocenters. The fourth-order valence-corrected chi connectivity index (χ4v) is 4.17. The SMILES string of the molecule is Cc1nc(C)c(Cc2ccccc2)c(N2CCCN(C(=O)/C=C/c3ccccc3)CC2)n1. The summed E-state index contributed by atoms with van der Waals surface area (Å²) < 4.78 is 0. The summed E-state index contributed by atoms with van der Waals surface area (Å²) in [5, 5.41) is 0. The van der Waals surface area contributed by atoms with E-state index in [0.717, 1.165) is 55.4 Å². The Bertz CT molecular complexity index is 1080. The molecule has 0 bridgehead atoms. The highest BCUT2D eigenvalue weighted by atomic mass is 16.2. The van der Waals surface area contributed by atoms with Gasteiger partial charge in [-0.3, -0.25) is 4.79 Å². The first-order valence-electron chi connectivity index (χ1n) is 11.2. The number of carbonyl (C=O) groups is 1. The molecule has 0 aliphatic carbocycles. The number of hydrogen-bond acceptors (Lipinski definition) is 4. The van der Waals surface area contributed by atoms with E-state index in [4.69, 9.17) is 4.98 Å². The number of aromatic nitrogens is 2. The average molecular weight is 427 g/mol. The number of benzene rings is 2. The molecule has 1 saturated heterocycles. The van der Waals surface area contributed by atoms with Gasteiger partial charge in [0.2, 0.25) is 5.91 Å². The van der Waals surface area contributed by atoms with Gasteiger partial charge in [0, 0.05) is 49.9 Å². The number of anilines is 1. The zero-order chi connectivity index (χ0) is 22.3. The van der Waals surface area contributed by atoms with Crippen LogP contribution >= 0.6 is 0 Å². The minimum absolute atomic E-state index is 0.0651. The Morgan fingerprint density at radius 2 is 1.62 bits per heavy atom. The summed E-state index contributed by atoms with van der Waals surface area (Å²) in [5.41, 5.74) is 4.49. The van der Waals surface area contributed by atoms with Crippen LogP contribution in [-0.2, 0) is 11.2 Å². The molecule has 0 spiro atoms. The zero-order valence-electron chi connectivity index (χ0n) is 18.9. The maximum absolute atomic E-state index is 12.8. The highest BCUT2D eigenvalue weighted by Gasteiger charge is 2.22. The molecule has 0 radical (unpaired) electrons. The van der Waals surface area contributed by atoms with Crippen LogP contribution in [0.25, 0.3) is 6.08 Å². The summed E-state index contributed by atoms with van der Waals surface area (Å²) >= 11 is 0. The van der Waals surface area contributed by atoms with Crippen molar-refractivity contribution in [3.05, 3.63) is 94.9 Å². The van der Waals surface area contributed by atoms with Gasteiger partial charge in [0.05, 0.1) is 0 Å². The fourth-order valence-electron chi connectivity index (χ4n) is 4.17. The molecule has 32 heavy (non-hydrogen) atoms. The lowest BCUT2D eigenvalue weighted by Gasteiger charge is -2.26. The van der Waals surface area contributed by atoms with Crippen LogP contribution in [0.2, 0.25) is 0 Å². The minimum Gasteiger partial charge on any atom is -0.354 e. The van der Waals surface area contributed by atoms with Crippen LogP contribution in [0.4, 0.5) is 5.82 Å².